The Balaban J connectivity index is 0.000000154. The number of fused-ring (bicyclic) bond motifs is 2. The number of anilines is 4. The first-order valence-corrected chi connectivity index (χ1v) is 23.5. The highest BCUT2D eigenvalue weighted by atomic mass is 32.1. The number of aromatic nitrogens is 6. The molecule has 1 amide bonds. The Kier molecular flexibility index (Phi) is 16.2. The number of benzene rings is 6. The van der Waals surface area contributed by atoms with Crippen LogP contribution in [0.2, 0.25) is 0 Å². The molecule has 10 rings (SSSR count). The molecule has 17 heteroatoms. The largest absolute Gasteiger partial charge is 0.489 e. The normalized spacial score (nSPS) is 10.6. The van der Waals surface area contributed by atoms with E-state index in [4.69, 9.17) is 20.3 Å². The molecule has 10 aromatic rings. The van der Waals surface area contributed by atoms with Gasteiger partial charge in [-0.3, -0.25) is 19.8 Å². The van der Waals surface area contributed by atoms with Crippen LogP contribution in [0.1, 0.15) is 32.3 Å². The van der Waals surface area contributed by atoms with Crippen LogP contribution < -0.4 is 31.2 Å². The van der Waals surface area contributed by atoms with Gasteiger partial charge < -0.3 is 36.3 Å². The minimum Gasteiger partial charge on any atom is -0.489 e. The Morgan fingerprint density at radius 3 is 1.57 bits per heavy atom. The van der Waals surface area contributed by atoms with Crippen LogP contribution in [-0.2, 0) is 48.7 Å². The zero-order chi connectivity index (χ0) is 47.6. The molecular weight excluding hydrogens is 909 g/mol. The predicted molar refractivity (Wildman–Crippen MR) is 274 cm³/mol. The summed E-state index contributed by atoms with van der Waals surface area (Å²) in [5, 5.41) is 40.5. The van der Waals surface area contributed by atoms with Gasteiger partial charge >= 0.3 is 5.97 Å². The highest BCUT2D eigenvalue weighted by Crippen LogP contribution is 2.26. The maximum absolute atomic E-state index is 12.6. The molecule has 0 aliphatic rings. The van der Waals surface area contributed by atoms with E-state index < -0.39 is 5.97 Å². The summed E-state index contributed by atoms with van der Waals surface area (Å²) in [5.41, 5.74) is 13.0. The number of ether oxygens (including phenoxy) is 2. The van der Waals surface area contributed by atoms with Gasteiger partial charge in [-0.05, 0) is 82.9 Å². The standard InChI is InChI=1S/C26H23N5O2S.C15H14O3.C11H11N5S/c32-24(14-18-6-9-21(10-7-18)33-17-19-4-2-1-3-5-19)29-20-8-11-23-22(15-20)26(31-30-23)28-16-25-27-12-13-34-25;16-15(17)10-12-6-8-14(9-7-12)18-11-13-4-2-1-3-5-13;12-7-1-2-9-8(5-7)11(16-15-9)14-6-10-13-3-4-17-10/h1-13,15H,14,16-17H2,(H,29,32)(H2,28,30,31);1-9H,10-11H2,(H,16,17);1-5H,6,12H2,(H2,14,15,16). The van der Waals surface area contributed by atoms with Crippen molar-refractivity contribution in [2.75, 3.05) is 21.7 Å². The number of thiazole rings is 2. The lowest BCUT2D eigenvalue weighted by Crippen LogP contribution is -2.14. The number of carbonyl (C=O) groups excluding carboxylic acids is 1. The van der Waals surface area contributed by atoms with Gasteiger partial charge in [-0.15, -0.1) is 22.7 Å². The summed E-state index contributed by atoms with van der Waals surface area (Å²) >= 11 is 3.21. The van der Waals surface area contributed by atoms with Crippen LogP contribution in [0.3, 0.4) is 0 Å². The number of amides is 1. The minimum absolute atomic E-state index is 0.0406. The van der Waals surface area contributed by atoms with Gasteiger partial charge in [0.1, 0.15) is 34.7 Å². The fourth-order valence-electron chi connectivity index (χ4n) is 6.85. The monoisotopic (exact) mass is 956 g/mol. The molecule has 6 aromatic carbocycles. The molecular formula is C52H48N10O5S2. The quantitative estimate of drug-likeness (QED) is 0.0424. The number of carbonyl (C=O) groups is 2. The van der Waals surface area contributed by atoms with Crippen molar-refractivity contribution < 1.29 is 24.2 Å². The number of hydrogen-bond acceptors (Lipinski definition) is 13. The number of carboxylic acids is 1. The van der Waals surface area contributed by atoms with Crippen LogP contribution in [0.25, 0.3) is 21.8 Å². The van der Waals surface area contributed by atoms with Gasteiger partial charge in [-0.2, -0.15) is 10.2 Å². The third kappa shape index (κ3) is 14.2. The molecule has 348 valence electrons. The first kappa shape index (κ1) is 47.0. The first-order chi connectivity index (χ1) is 33.8. The lowest BCUT2D eigenvalue weighted by Gasteiger charge is -2.08. The molecule has 0 spiro atoms. The predicted octanol–water partition coefficient (Wildman–Crippen LogP) is 10.5. The number of rotatable bonds is 17. The third-order valence-electron chi connectivity index (χ3n) is 10.3. The van der Waals surface area contributed by atoms with Gasteiger partial charge in [0.05, 0.1) is 37.0 Å². The number of hydrogen-bond donors (Lipinski definition) is 7. The lowest BCUT2D eigenvalue weighted by atomic mass is 10.1. The average Bonchev–Trinajstić information content (AvgIpc) is 4.23. The van der Waals surface area contributed by atoms with E-state index >= 15 is 0 Å². The highest BCUT2D eigenvalue weighted by Gasteiger charge is 2.11. The van der Waals surface area contributed by atoms with Crippen molar-refractivity contribution in [1.82, 2.24) is 30.4 Å². The number of carboxylic acid groups (broad SMARTS) is 1. The number of H-pyrrole nitrogens is 2. The van der Waals surface area contributed by atoms with Crippen LogP contribution in [0, 0.1) is 0 Å². The van der Waals surface area contributed by atoms with Gasteiger partial charge in [-0.1, -0.05) is 84.9 Å². The maximum Gasteiger partial charge on any atom is 0.307 e. The van der Waals surface area contributed by atoms with Crippen LogP contribution in [0.4, 0.5) is 23.0 Å². The SMILES string of the molecule is Nc1ccc2[nH]nc(NCc3nccs3)c2c1.O=C(Cc1ccc(OCc2ccccc2)cc1)Nc1ccc2[nH]nc(NCc3nccs3)c2c1.O=C(O)Cc1ccc(OCc2ccccc2)cc1. The molecule has 0 aliphatic carbocycles. The van der Waals surface area contributed by atoms with Crippen LogP contribution in [0.15, 0.2) is 169 Å². The summed E-state index contributed by atoms with van der Waals surface area (Å²) in [6.45, 7) is 2.29. The highest BCUT2D eigenvalue weighted by molar-refractivity contribution is 7.09. The molecule has 0 bridgehead atoms. The molecule has 0 aliphatic heterocycles. The summed E-state index contributed by atoms with van der Waals surface area (Å²) in [6.07, 6.45) is 3.89. The number of aromatic amines is 2. The Bertz CT molecular complexity index is 3150. The molecule has 0 atom stereocenters. The van der Waals surface area contributed by atoms with Crippen molar-refractivity contribution >= 4 is 79.4 Å². The molecule has 15 nitrogen and oxygen atoms in total. The van der Waals surface area contributed by atoms with Gasteiger partial charge in [0, 0.05) is 45.3 Å². The number of aliphatic carboxylic acids is 1. The van der Waals surface area contributed by atoms with Crippen LogP contribution in [0.5, 0.6) is 11.5 Å². The summed E-state index contributed by atoms with van der Waals surface area (Å²) in [4.78, 5) is 31.6. The molecule has 8 N–H and O–H groups in total. The van der Waals surface area contributed by atoms with E-state index in [-0.39, 0.29) is 18.7 Å². The Labute approximate surface area is 405 Å². The van der Waals surface area contributed by atoms with E-state index in [1.807, 2.05) is 132 Å². The number of nitrogens with zero attached hydrogens (tertiary/aromatic N) is 4. The molecule has 4 aromatic heterocycles. The fourth-order valence-corrected chi connectivity index (χ4v) is 7.96. The molecule has 69 heavy (non-hydrogen) atoms. The molecule has 0 saturated heterocycles. The van der Waals surface area contributed by atoms with Crippen molar-refractivity contribution in [1.29, 1.82) is 0 Å². The minimum atomic E-state index is -0.826. The molecule has 0 saturated carbocycles. The van der Waals surface area contributed by atoms with E-state index in [9.17, 15) is 9.59 Å². The smallest absolute Gasteiger partial charge is 0.307 e. The Morgan fingerprint density at radius 2 is 1.07 bits per heavy atom. The third-order valence-corrected chi connectivity index (χ3v) is 11.8. The van der Waals surface area contributed by atoms with Gasteiger partial charge in [0.2, 0.25) is 5.91 Å². The van der Waals surface area contributed by atoms with Crippen molar-refractivity contribution in [2.24, 2.45) is 0 Å². The fraction of sp³-hybridized carbons (Fsp3) is 0.115. The number of nitrogen functional groups attached to an aromatic ring is 1. The second-order valence-corrected chi connectivity index (χ2v) is 17.4. The molecule has 4 heterocycles. The van der Waals surface area contributed by atoms with Crippen molar-refractivity contribution in [3.05, 3.63) is 201 Å². The summed E-state index contributed by atoms with van der Waals surface area (Å²) < 4.78 is 11.4. The second-order valence-electron chi connectivity index (χ2n) is 15.4. The Morgan fingerprint density at radius 1 is 0.580 bits per heavy atom. The van der Waals surface area contributed by atoms with Gasteiger partial charge in [0.15, 0.2) is 11.6 Å². The average molecular weight is 957 g/mol. The van der Waals surface area contributed by atoms with E-state index in [2.05, 4.69) is 46.3 Å². The summed E-state index contributed by atoms with van der Waals surface area (Å²) in [7, 11) is 0. The first-order valence-electron chi connectivity index (χ1n) is 21.8. The molecule has 0 radical (unpaired) electrons. The maximum atomic E-state index is 12.6. The van der Waals surface area contributed by atoms with Crippen molar-refractivity contribution in [2.45, 2.75) is 39.1 Å². The summed E-state index contributed by atoms with van der Waals surface area (Å²) in [6, 6.07) is 46.0. The molecule has 0 unspecified atom stereocenters. The summed E-state index contributed by atoms with van der Waals surface area (Å²) in [5.74, 6) is 2.14. The van der Waals surface area contributed by atoms with E-state index in [1.165, 1.54) is 0 Å². The van der Waals surface area contributed by atoms with Crippen LogP contribution in [-0.4, -0.2) is 47.3 Å². The van der Waals surface area contributed by atoms with Gasteiger partial charge in [-0.25, -0.2) is 9.97 Å². The topological polar surface area (TPSA) is 218 Å². The van der Waals surface area contributed by atoms with Crippen molar-refractivity contribution in [3.63, 3.8) is 0 Å². The van der Waals surface area contributed by atoms with E-state index in [0.29, 0.717) is 26.3 Å². The van der Waals surface area contributed by atoms with Gasteiger partial charge in [0.25, 0.3) is 0 Å². The zero-order valence-electron chi connectivity index (χ0n) is 37.2. The van der Waals surface area contributed by atoms with E-state index in [1.54, 1.807) is 59.3 Å². The van der Waals surface area contributed by atoms with Crippen LogP contribution >= 0.6 is 22.7 Å². The lowest BCUT2D eigenvalue weighted by molar-refractivity contribution is -0.136. The number of nitrogens with two attached hydrogens (primary N) is 1. The molecule has 0 fully saturated rings. The van der Waals surface area contributed by atoms with E-state index in [0.717, 1.165) is 88.6 Å². The van der Waals surface area contributed by atoms with Crippen molar-refractivity contribution in [3.8, 4) is 11.5 Å². The zero-order valence-corrected chi connectivity index (χ0v) is 38.8. The second kappa shape index (κ2) is 23.8. The number of nitrogens with one attached hydrogen (secondary N) is 5. The Hall–Kier alpha value is -8.54.